The van der Waals surface area contributed by atoms with Crippen LogP contribution in [0.1, 0.15) is 25.0 Å². The van der Waals surface area contributed by atoms with Crippen LogP contribution in [0, 0.1) is 6.92 Å². The van der Waals surface area contributed by atoms with Crippen LogP contribution in [0.5, 0.6) is 0 Å². The summed E-state index contributed by atoms with van der Waals surface area (Å²) in [4.78, 5) is 11.2. The van der Waals surface area contributed by atoms with Gasteiger partial charge in [0, 0.05) is 37.9 Å². The second kappa shape index (κ2) is 5.82. The Balaban J connectivity index is 2.12. The topological polar surface area (TPSA) is 67.1 Å². The summed E-state index contributed by atoms with van der Waals surface area (Å²) >= 11 is 0. The summed E-state index contributed by atoms with van der Waals surface area (Å²) in [5.41, 5.74) is 6.47. The van der Waals surface area contributed by atoms with E-state index in [-0.39, 0.29) is 0 Å². The van der Waals surface area contributed by atoms with E-state index in [1.54, 1.807) is 0 Å². The van der Waals surface area contributed by atoms with Crippen LogP contribution in [-0.2, 0) is 0 Å². The quantitative estimate of drug-likeness (QED) is 0.819. The molecule has 2 rings (SSSR count). The van der Waals surface area contributed by atoms with Crippen molar-refractivity contribution in [1.82, 2.24) is 9.97 Å². The maximum Gasteiger partial charge on any atom is 0.224 e. The van der Waals surface area contributed by atoms with Gasteiger partial charge in [-0.3, -0.25) is 0 Å². The number of nitrogens with zero attached hydrogens (tertiary/aromatic N) is 3. The van der Waals surface area contributed by atoms with Crippen LogP contribution in [0.3, 0.4) is 0 Å². The lowest BCUT2D eigenvalue weighted by molar-refractivity contribution is 0.573. The normalized spacial score (nSPS) is 16.0. The van der Waals surface area contributed by atoms with E-state index in [1.165, 1.54) is 19.3 Å². The highest BCUT2D eigenvalue weighted by molar-refractivity contribution is 5.45. The first-order chi connectivity index (χ1) is 8.29. The van der Waals surface area contributed by atoms with E-state index >= 15 is 0 Å². The van der Waals surface area contributed by atoms with Crippen molar-refractivity contribution in [3.05, 3.63) is 11.8 Å². The number of rotatable bonds is 4. The summed E-state index contributed by atoms with van der Waals surface area (Å²) in [7, 11) is 0. The summed E-state index contributed by atoms with van der Waals surface area (Å²) < 4.78 is 0. The van der Waals surface area contributed by atoms with Crippen molar-refractivity contribution in [2.75, 3.05) is 36.4 Å². The van der Waals surface area contributed by atoms with Crippen molar-refractivity contribution < 1.29 is 0 Å². The van der Waals surface area contributed by atoms with E-state index in [0.29, 0.717) is 19.0 Å². The smallest absolute Gasteiger partial charge is 0.224 e. The average Bonchev–Trinajstić information content (AvgIpc) is 2.37. The van der Waals surface area contributed by atoms with Gasteiger partial charge in [0.15, 0.2) is 0 Å². The average molecular weight is 235 g/mol. The Morgan fingerprint density at radius 3 is 2.76 bits per heavy atom. The predicted molar refractivity (Wildman–Crippen MR) is 70.4 cm³/mol. The van der Waals surface area contributed by atoms with Crippen molar-refractivity contribution in [2.24, 2.45) is 5.73 Å². The molecule has 17 heavy (non-hydrogen) atoms. The number of hydrogen-bond acceptors (Lipinski definition) is 5. The molecule has 0 amide bonds. The lowest BCUT2D eigenvalue weighted by Gasteiger charge is -2.28. The third-order valence-electron chi connectivity index (χ3n) is 2.95. The molecule has 0 spiro atoms. The first-order valence-electron chi connectivity index (χ1n) is 6.34. The van der Waals surface area contributed by atoms with Gasteiger partial charge < -0.3 is 16.0 Å². The minimum absolute atomic E-state index is 0.594. The molecular weight excluding hydrogens is 214 g/mol. The summed E-state index contributed by atoms with van der Waals surface area (Å²) in [5.74, 6) is 1.73. The maximum absolute atomic E-state index is 5.47. The van der Waals surface area contributed by atoms with Crippen LogP contribution < -0.4 is 16.0 Å². The molecule has 1 aromatic heterocycles. The number of aromatic nitrogens is 2. The molecule has 0 saturated carbocycles. The van der Waals surface area contributed by atoms with E-state index in [1.807, 2.05) is 6.92 Å². The Labute approximate surface area is 102 Å². The van der Waals surface area contributed by atoms with Gasteiger partial charge in [0.1, 0.15) is 5.82 Å². The van der Waals surface area contributed by atoms with Gasteiger partial charge in [-0.25, -0.2) is 4.98 Å². The Kier molecular flexibility index (Phi) is 4.14. The van der Waals surface area contributed by atoms with Gasteiger partial charge in [0.05, 0.1) is 0 Å². The van der Waals surface area contributed by atoms with Crippen molar-refractivity contribution in [3.63, 3.8) is 0 Å². The second-order valence-corrected chi connectivity index (χ2v) is 4.45. The molecule has 0 bridgehead atoms. The fourth-order valence-corrected chi connectivity index (χ4v) is 2.10. The van der Waals surface area contributed by atoms with Crippen molar-refractivity contribution in [2.45, 2.75) is 26.2 Å². The zero-order chi connectivity index (χ0) is 12.1. The Hall–Kier alpha value is -1.36. The monoisotopic (exact) mass is 235 g/mol. The summed E-state index contributed by atoms with van der Waals surface area (Å²) in [6.45, 7) is 5.52. The maximum atomic E-state index is 5.47. The van der Waals surface area contributed by atoms with Gasteiger partial charge in [0.2, 0.25) is 5.95 Å². The van der Waals surface area contributed by atoms with E-state index in [0.717, 1.165) is 24.6 Å². The molecule has 0 aliphatic carbocycles. The van der Waals surface area contributed by atoms with Crippen LogP contribution in [-0.4, -0.2) is 36.1 Å². The summed E-state index contributed by atoms with van der Waals surface area (Å²) in [5, 5.41) is 3.14. The van der Waals surface area contributed by atoms with Crippen molar-refractivity contribution in [1.29, 1.82) is 0 Å². The van der Waals surface area contributed by atoms with Gasteiger partial charge in [-0.1, -0.05) is 0 Å². The minimum atomic E-state index is 0.594. The molecule has 1 aliphatic rings. The molecule has 0 unspecified atom stereocenters. The van der Waals surface area contributed by atoms with Crippen LogP contribution in [0.15, 0.2) is 6.07 Å². The molecular formula is C12H21N5. The summed E-state index contributed by atoms with van der Waals surface area (Å²) in [6.07, 6.45) is 3.85. The number of hydrogen-bond donors (Lipinski definition) is 2. The zero-order valence-corrected chi connectivity index (χ0v) is 10.4. The lowest BCUT2D eigenvalue weighted by atomic mass is 10.1. The molecule has 1 saturated heterocycles. The van der Waals surface area contributed by atoms with E-state index in [9.17, 15) is 0 Å². The molecule has 0 aromatic carbocycles. The van der Waals surface area contributed by atoms with Gasteiger partial charge in [-0.05, 0) is 26.2 Å². The van der Waals surface area contributed by atoms with Crippen LogP contribution in [0.25, 0.3) is 0 Å². The third-order valence-corrected chi connectivity index (χ3v) is 2.95. The second-order valence-electron chi connectivity index (χ2n) is 4.45. The number of piperidine rings is 1. The summed E-state index contributed by atoms with van der Waals surface area (Å²) in [6, 6.07) is 2.05. The molecule has 5 nitrogen and oxygen atoms in total. The molecule has 3 N–H and O–H groups in total. The lowest BCUT2D eigenvalue weighted by Crippen LogP contribution is -2.30. The van der Waals surface area contributed by atoms with Crippen LogP contribution >= 0.6 is 0 Å². The Bertz CT molecular complexity index is 360. The highest BCUT2D eigenvalue weighted by Crippen LogP contribution is 2.19. The fraction of sp³-hybridized carbons (Fsp3) is 0.667. The molecule has 0 atom stereocenters. The molecule has 1 fully saturated rings. The van der Waals surface area contributed by atoms with E-state index in [2.05, 4.69) is 26.3 Å². The predicted octanol–water partition coefficient (Wildman–Crippen LogP) is 1.15. The molecule has 2 heterocycles. The Morgan fingerprint density at radius 2 is 2.06 bits per heavy atom. The molecule has 94 valence electrons. The standard InChI is InChI=1S/C12H21N5/c1-10-9-11(17-7-3-2-4-8-17)16-12(15-10)14-6-5-13/h9H,2-8,13H2,1H3,(H,14,15,16). The minimum Gasteiger partial charge on any atom is -0.356 e. The van der Waals surface area contributed by atoms with E-state index in [4.69, 9.17) is 5.73 Å². The highest BCUT2D eigenvalue weighted by atomic mass is 15.2. The van der Waals surface area contributed by atoms with Crippen molar-refractivity contribution >= 4 is 11.8 Å². The van der Waals surface area contributed by atoms with Gasteiger partial charge in [0.25, 0.3) is 0 Å². The Morgan fingerprint density at radius 1 is 1.29 bits per heavy atom. The fourth-order valence-electron chi connectivity index (χ4n) is 2.10. The number of anilines is 2. The van der Waals surface area contributed by atoms with Gasteiger partial charge in [-0.2, -0.15) is 4.98 Å². The zero-order valence-electron chi connectivity index (χ0n) is 10.4. The van der Waals surface area contributed by atoms with E-state index < -0.39 is 0 Å². The molecule has 5 heteroatoms. The highest BCUT2D eigenvalue weighted by Gasteiger charge is 2.13. The van der Waals surface area contributed by atoms with Crippen LogP contribution in [0.2, 0.25) is 0 Å². The van der Waals surface area contributed by atoms with Crippen molar-refractivity contribution in [3.8, 4) is 0 Å². The SMILES string of the molecule is Cc1cc(N2CCCCC2)nc(NCCN)n1. The molecule has 0 radical (unpaired) electrons. The number of nitrogens with two attached hydrogens (primary N) is 1. The molecule has 1 aromatic rings. The molecule has 1 aliphatic heterocycles. The number of nitrogens with one attached hydrogen (secondary N) is 1. The van der Waals surface area contributed by atoms with Gasteiger partial charge >= 0.3 is 0 Å². The number of aryl methyl sites for hydroxylation is 1. The first-order valence-corrected chi connectivity index (χ1v) is 6.34. The first kappa shape index (κ1) is 12.1. The van der Waals surface area contributed by atoms with Gasteiger partial charge in [-0.15, -0.1) is 0 Å². The van der Waals surface area contributed by atoms with Crippen LogP contribution in [0.4, 0.5) is 11.8 Å². The largest absolute Gasteiger partial charge is 0.356 e. The third kappa shape index (κ3) is 3.30.